The van der Waals surface area contributed by atoms with Gasteiger partial charge in [-0.3, -0.25) is 0 Å². The van der Waals surface area contributed by atoms with E-state index in [0.717, 1.165) is 12.2 Å². The molecule has 1 heterocycles. The van der Waals surface area contributed by atoms with Gasteiger partial charge in [0.2, 0.25) is 0 Å². The minimum absolute atomic E-state index is 0.201. The van der Waals surface area contributed by atoms with Gasteiger partial charge in [-0.1, -0.05) is 49.2 Å². The van der Waals surface area contributed by atoms with Crippen LogP contribution in [0, 0.1) is 0 Å². The summed E-state index contributed by atoms with van der Waals surface area (Å²) in [5, 5.41) is 2.42. The van der Waals surface area contributed by atoms with Crippen LogP contribution >= 0.6 is 0 Å². The van der Waals surface area contributed by atoms with Crippen LogP contribution in [0.3, 0.4) is 0 Å². The van der Waals surface area contributed by atoms with Crippen molar-refractivity contribution in [2.45, 2.75) is 50.2 Å². The normalized spacial score (nSPS) is 23.9. The second kappa shape index (κ2) is 5.34. The first-order valence-corrected chi connectivity index (χ1v) is 8.13. The summed E-state index contributed by atoms with van der Waals surface area (Å²) in [6.07, 6.45) is 7.78. The quantitative estimate of drug-likeness (QED) is 0.811. The van der Waals surface area contributed by atoms with Crippen molar-refractivity contribution in [2.75, 3.05) is 6.61 Å². The van der Waals surface area contributed by atoms with E-state index in [4.69, 9.17) is 9.47 Å². The summed E-state index contributed by atoms with van der Waals surface area (Å²) in [5.41, 5.74) is 0.201. The Bertz CT molecular complexity index is 623. The van der Waals surface area contributed by atoms with E-state index >= 15 is 0 Å². The Balaban J connectivity index is 1.45. The van der Waals surface area contributed by atoms with E-state index in [9.17, 15) is 0 Å². The molecule has 1 aliphatic carbocycles. The summed E-state index contributed by atoms with van der Waals surface area (Å²) in [6, 6.07) is 14.6. The van der Waals surface area contributed by atoms with E-state index in [2.05, 4.69) is 42.5 Å². The molecule has 21 heavy (non-hydrogen) atoms. The molecule has 0 radical (unpaired) electrons. The average Bonchev–Trinajstić information content (AvgIpc) is 3.15. The van der Waals surface area contributed by atoms with Gasteiger partial charge < -0.3 is 9.47 Å². The molecule has 2 aromatic rings. The number of fused-ring (bicyclic) bond motifs is 1. The summed E-state index contributed by atoms with van der Waals surface area (Å²) in [5.74, 6) is 0.976. The molecule has 2 aromatic carbocycles. The summed E-state index contributed by atoms with van der Waals surface area (Å²) < 4.78 is 12.4. The van der Waals surface area contributed by atoms with Gasteiger partial charge >= 0.3 is 0 Å². The largest absolute Gasteiger partial charge is 0.490 e. The Morgan fingerprint density at radius 3 is 2.71 bits per heavy atom. The van der Waals surface area contributed by atoms with E-state index in [0.29, 0.717) is 6.61 Å². The molecular formula is C19H22O2. The lowest BCUT2D eigenvalue weighted by Crippen LogP contribution is -2.27. The first-order chi connectivity index (χ1) is 10.3. The van der Waals surface area contributed by atoms with Gasteiger partial charge in [0.05, 0.1) is 11.7 Å². The van der Waals surface area contributed by atoms with Gasteiger partial charge in [-0.25, -0.2) is 0 Å². The van der Waals surface area contributed by atoms with E-state index in [1.165, 1.54) is 42.9 Å². The molecule has 1 aliphatic heterocycles. The summed E-state index contributed by atoms with van der Waals surface area (Å²) in [4.78, 5) is 0. The summed E-state index contributed by atoms with van der Waals surface area (Å²) >= 11 is 0. The SMILES string of the molecule is c1ccc2c(OCC3CCC4(CCCC4)O3)cccc2c1. The van der Waals surface area contributed by atoms with E-state index in [-0.39, 0.29) is 11.7 Å². The molecule has 0 N–H and O–H groups in total. The highest BCUT2D eigenvalue weighted by Crippen LogP contribution is 2.43. The van der Waals surface area contributed by atoms with Crippen LogP contribution in [-0.2, 0) is 4.74 Å². The van der Waals surface area contributed by atoms with Crippen LogP contribution in [0.4, 0.5) is 0 Å². The van der Waals surface area contributed by atoms with Crippen molar-refractivity contribution in [3.8, 4) is 5.75 Å². The molecule has 0 bridgehead atoms. The molecule has 0 aromatic heterocycles. The van der Waals surface area contributed by atoms with Gasteiger partial charge in [-0.05, 0) is 37.1 Å². The maximum atomic E-state index is 6.32. The fraction of sp³-hybridized carbons (Fsp3) is 0.474. The molecule has 2 nitrogen and oxygen atoms in total. The van der Waals surface area contributed by atoms with Crippen LogP contribution in [0.15, 0.2) is 42.5 Å². The Hall–Kier alpha value is -1.54. The Labute approximate surface area is 126 Å². The monoisotopic (exact) mass is 282 g/mol. The lowest BCUT2D eigenvalue weighted by atomic mass is 9.98. The maximum Gasteiger partial charge on any atom is 0.127 e. The highest BCUT2D eigenvalue weighted by atomic mass is 16.6. The summed E-state index contributed by atoms with van der Waals surface area (Å²) in [7, 11) is 0. The first-order valence-electron chi connectivity index (χ1n) is 8.13. The standard InChI is InChI=1S/C19H22O2/c1-2-8-17-15(6-1)7-5-9-18(17)20-14-16-10-13-19(21-16)11-3-4-12-19/h1-2,5-9,16H,3-4,10-14H2. The fourth-order valence-corrected chi connectivity index (χ4v) is 3.90. The number of benzene rings is 2. The zero-order valence-electron chi connectivity index (χ0n) is 12.4. The Morgan fingerprint density at radius 2 is 1.81 bits per heavy atom. The van der Waals surface area contributed by atoms with Gasteiger partial charge in [-0.15, -0.1) is 0 Å². The molecule has 1 unspecified atom stereocenters. The van der Waals surface area contributed by atoms with Gasteiger partial charge in [-0.2, -0.15) is 0 Å². The molecule has 110 valence electrons. The van der Waals surface area contributed by atoms with Crippen LogP contribution in [-0.4, -0.2) is 18.3 Å². The second-order valence-electron chi connectivity index (χ2n) is 6.46. The highest BCUT2D eigenvalue weighted by molar-refractivity contribution is 5.88. The van der Waals surface area contributed by atoms with Crippen LogP contribution < -0.4 is 4.74 Å². The fourth-order valence-electron chi connectivity index (χ4n) is 3.90. The van der Waals surface area contributed by atoms with E-state index in [1.807, 2.05) is 0 Å². The molecule has 2 heteroatoms. The zero-order valence-corrected chi connectivity index (χ0v) is 12.4. The maximum absolute atomic E-state index is 6.32. The molecule has 2 aliphatic rings. The predicted octanol–water partition coefficient (Wildman–Crippen LogP) is 4.71. The Morgan fingerprint density at radius 1 is 1.00 bits per heavy atom. The van der Waals surface area contributed by atoms with Gasteiger partial charge in [0.1, 0.15) is 12.4 Å². The number of rotatable bonds is 3. The van der Waals surface area contributed by atoms with E-state index in [1.54, 1.807) is 0 Å². The van der Waals surface area contributed by atoms with Gasteiger partial charge in [0, 0.05) is 5.39 Å². The third-order valence-electron chi connectivity index (χ3n) is 5.03. The van der Waals surface area contributed by atoms with Crippen molar-refractivity contribution in [3.63, 3.8) is 0 Å². The van der Waals surface area contributed by atoms with Crippen molar-refractivity contribution in [1.29, 1.82) is 0 Å². The highest BCUT2D eigenvalue weighted by Gasteiger charge is 2.42. The lowest BCUT2D eigenvalue weighted by molar-refractivity contribution is -0.0507. The third kappa shape index (κ3) is 2.53. The molecule has 4 rings (SSSR count). The molecule has 2 fully saturated rings. The molecule has 0 amide bonds. The van der Waals surface area contributed by atoms with Gasteiger partial charge in [0.25, 0.3) is 0 Å². The smallest absolute Gasteiger partial charge is 0.127 e. The lowest BCUT2D eigenvalue weighted by Gasteiger charge is -2.23. The van der Waals surface area contributed by atoms with Crippen molar-refractivity contribution in [2.24, 2.45) is 0 Å². The third-order valence-corrected chi connectivity index (χ3v) is 5.03. The second-order valence-corrected chi connectivity index (χ2v) is 6.46. The first kappa shape index (κ1) is 13.1. The van der Waals surface area contributed by atoms with Gasteiger partial charge in [0.15, 0.2) is 0 Å². The number of hydrogen-bond donors (Lipinski definition) is 0. The zero-order chi connectivity index (χ0) is 14.1. The molecular weight excluding hydrogens is 260 g/mol. The summed E-state index contributed by atoms with van der Waals surface area (Å²) in [6.45, 7) is 0.676. The van der Waals surface area contributed by atoms with E-state index < -0.39 is 0 Å². The van der Waals surface area contributed by atoms with Crippen molar-refractivity contribution in [3.05, 3.63) is 42.5 Å². The molecule has 1 spiro atoms. The number of ether oxygens (including phenoxy) is 2. The Kier molecular flexibility index (Phi) is 3.34. The minimum Gasteiger partial charge on any atom is -0.490 e. The topological polar surface area (TPSA) is 18.5 Å². The van der Waals surface area contributed by atoms with Crippen molar-refractivity contribution >= 4 is 10.8 Å². The number of hydrogen-bond acceptors (Lipinski definition) is 2. The van der Waals surface area contributed by atoms with Crippen molar-refractivity contribution < 1.29 is 9.47 Å². The molecule has 1 atom stereocenters. The average molecular weight is 282 g/mol. The van der Waals surface area contributed by atoms with Crippen molar-refractivity contribution in [1.82, 2.24) is 0 Å². The minimum atomic E-state index is 0.201. The molecule has 1 saturated heterocycles. The molecule has 1 saturated carbocycles. The van der Waals surface area contributed by atoms with Crippen LogP contribution in [0.1, 0.15) is 38.5 Å². The van der Waals surface area contributed by atoms with Crippen LogP contribution in [0.2, 0.25) is 0 Å². The van der Waals surface area contributed by atoms with Crippen LogP contribution in [0.25, 0.3) is 10.8 Å². The van der Waals surface area contributed by atoms with Crippen LogP contribution in [0.5, 0.6) is 5.75 Å². The predicted molar refractivity (Wildman–Crippen MR) is 84.7 cm³/mol.